The lowest BCUT2D eigenvalue weighted by Crippen LogP contribution is -1.94. The second-order valence-electron chi connectivity index (χ2n) is 4.55. The van der Waals surface area contributed by atoms with Crippen LogP contribution in [0.2, 0.25) is 0 Å². The highest BCUT2D eigenvalue weighted by Gasteiger charge is 2.10. The molecule has 0 radical (unpaired) electrons. The van der Waals surface area contributed by atoms with Gasteiger partial charge < -0.3 is 10.5 Å². The van der Waals surface area contributed by atoms with Crippen LogP contribution < -0.4 is 10.5 Å². The van der Waals surface area contributed by atoms with Crippen molar-refractivity contribution in [1.82, 2.24) is 4.98 Å². The summed E-state index contributed by atoms with van der Waals surface area (Å²) in [5.41, 5.74) is 11.6. The minimum atomic E-state index is 0.597. The van der Waals surface area contributed by atoms with Crippen molar-refractivity contribution >= 4 is 27.2 Å². The number of thiazole rings is 1. The van der Waals surface area contributed by atoms with Gasteiger partial charge in [0.05, 0.1) is 10.2 Å². The van der Waals surface area contributed by atoms with Gasteiger partial charge in [0.25, 0.3) is 0 Å². The summed E-state index contributed by atoms with van der Waals surface area (Å²) in [6.07, 6.45) is 0. The summed E-state index contributed by atoms with van der Waals surface area (Å²) in [5.74, 6) is 1.49. The molecule has 0 aliphatic heterocycles. The van der Waals surface area contributed by atoms with E-state index < -0.39 is 0 Å². The van der Waals surface area contributed by atoms with Crippen molar-refractivity contribution in [2.45, 2.75) is 13.8 Å². The lowest BCUT2D eigenvalue weighted by Gasteiger charge is -2.11. The summed E-state index contributed by atoms with van der Waals surface area (Å²) < 4.78 is 7.01. The molecule has 1 heterocycles. The van der Waals surface area contributed by atoms with Crippen LogP contribution in [0.15, 0.2) is 35.8 Å². The van der Waals surface area contributed by atoms with Gasteiger partial charge in [0.2, 0.25) is 0 Å². The second kappa shape index (κ2) is 4.55. The van der Waals surface area contributed by atoms with Gasteiger partial charge in [-0.2, -0.15) is 0 Å². The fourth-order valence-corrected chi connectivity index (χ4v) is 2.65. The van der Waals surface area contributed by atoms with E-state index in [9.17, 15) is 0 Å². The SMILES string of the molecule is Cc1ccc(C)c(Oc2ccc3scnc3c2N)c1. The fourth-order valence-electron chi connectivity index (χ4n) is 1.96. The summed E-state index contributed by atoms with van der Waals surface area (Å²) >= 11 is 1.58. The van der Waals surface area contributed by atoms with Crippen LogP contribution >= 0.6 is 11.3 Å². The molecule has 0 unspecified atom stereocenters. The van der Waals surface area contributed by atoms with Crippen molar-refractivity contribution in [3.05, 3.63) is 47.0 Å². The number of nitrogen functional groups attached to an aromatic ring is 1. The molecule has 0 spiro atoms. The number of aromatic nitrogens is 1. The zero-order valence-corrected chi connectivity index (χ0v) is 11.6. The monoisotopic (exact) mass is 270 g/mol. The first-order valence-electron chi connectivity index (χ1n) is 6.02. The van der Waals surface area contributed by atoms with Gasteiger partial charge in [0, 0.05) is 0 Å². The molecule has 0 atom stereocenters. The van der Waals surface area contributed by atoms with E-state index in [0.717, 1.165) is 27.1 Å². The van der Waals surface area contributed by atoms with E-state index >= 15 is 0 Å². The highest BCUT2D eigenvalue weighted by molar-refractivity contribution is 7.16. The molecular formula is C15H14N2OS. The van der Waals surface area contributed by atoms with Crippen LogP contribution in [0.25, 0.3) is 10.2 Å². The number of hydrogen-bond donors (Lipinski definition) is 1. The predicted molar refractivity (Wildman–Crippen MR) is 80.0 cm³/mol. The Labute approximate surface area is 115 Å². The lowest BCUT2D eigenvalue weighted by molar-refractivity contribution is 0.481. The number of nitrogens with zero attached hydrogens (tertiary/aromatic N) is 1. The van der Waals surface area contributed by atoms with E-state index in [1.165, 1.54) is 0 Å². The second-order valence-corrected chi connectivity index (χ2v) is 5.43. The minimum Gasteiger partial charge on any atom is -0.455 e. The molecule has 3 rings (SSSR count). The van der Waals surface area contributed by atoms with E-state index in [2.05, 4.69) is 11.1 Å². The average Bonchev–Trinajstić information content (AvgIpc) is 2.86. The zero-order chi connectivity index (χ0) is 13.4. The number of ether oxygens (including phenoxy) is 1. The standard InChI is InChI=1S/C15H14N2OS/c1-9-3-4-10(2)12(7-9)18-11-5-6-13-15(14(11)16)17-8-19-13/h3-8H,16H2,1-2H3. The number of benzene rings is 2. The first-order valence-corrected chi connectivity index (χ1v) is 6.90. The van der Waals surface area contributed by atoms with E-state index in [4.69, 9.17) is 10.5 Å². The smallest absolute Gasteiger partial charge is 0.152 e. The van der Waals surface area contributed by atoms with Crippen molar-refractivity contribution in [3.8, 4) is 11.5 Å². The van der Waals surface area contributed by atoms with E-state index in [1.807, 2.05) is 38.1 Å². The van der Waals surface area contributed by atoms with Crippen molar-refractivity contribution in [1.29, 1.82) is 0 Å². The van der Waals surface area contributed by atoms with Gasteiger partial charge in [-0.3, -0.25) is 0 Å². The maximum absolute atomic E-state index is 6.12. The molecule has 0 fully saturated rings. The lowest BCUT2D eigenvalue weighted by atomic mass is 10.1. The third-order valence-electron chi connectivity index (χ3n) is 3.07. The third-order valence-corrected chi connectivity index (χ3v) is 3.86. The summed E-state index contributed by atoms with van der Waals surface area (Å²) in [6.45, 7) is 4.06. The largest absolute Gasteiger partial charge is 0.455 e. The molecule has 0 aliphatic carbocycles. The van der Waals surface area contributed by atoms with Crippen LogP contribution in [0.3, 0.4) is 0 Å². The molecule has 19 heavy (non-hydrogen) atoms. The Balaban J connectivity index is 2.05. The van der Waals surface area contributed by atoms with Gasteiger partial charge >= 0.3 is 0 Å². The Bertz CT molecular complexity index is 749. The number of hydrogen-bond acceptors (Lipinski definition) is 4. The maximum atomic E-state index is 6.12. The summed E-state index contributed by atoms with van der Waals surface area (Å²) in [5, 5.41) is 0. The Morgan fingerprint density at radius 1 is 1.11 bits per heavy atom. The molecule has 0 saturated carbocycles. The van der Waals surface area contributed by atoms with Gasteiger partial charge in [0.1, 0.15) is 17.0 Å². The number of aryl methyl sites for hydroxylation is 2. The normalized spacial score (nSPS) is 10.8. The van der Waals surface area contributed by atoms with Gasteiger partial charge in [-0.25, -0.2) is 4.98 Å². The van der Waals surface area contributed by atoms with Crippen LogP contribution in [-0.4, -0.2) is 4.98 Å². The van der Waals surface area contributed by atoms with Crippen LogP contribution in [0.5, 0.6) is 11.5 Å². The Hall–Kier alpha value is -2.07. The number of fused-ring (bicyclic) bond motifs is 1. The van der Waals surface area contributed by atoms with E-state index in [-0.39, 0.29) is 0 Å². The van der Waals surface area contributed by atoms with Crippen LogP contribution in [0.4, 0.5) is 5.69 Å². The topological polar surface area (TPSA) is 48.1 Å². The molecule has 1 aromatic heterocycles. The molecule has 0 amide bonds. The van der Waals surface area contributed by atoms with E-state index in [1.54, 1.807) is 16.8 Å². The van der Waals surface area contributed by atoms with Gasteiger partial charge in [0.15, 0.2) is 5.75 Å². The fraction of sp³-hybridized carbons (Fsp3) is 0.133. The average molecular weight is 270 g/mol. The molecule has 96 valence electrons. The molecule has 3 nitrogen and oxygen atoms in total. The molecule has 3 aromatic rings. The Morgan fingerprint density at radius 3 is 2.79 bits per heavy atom. The molecule has 0 saturated heterocycles. The van der Waals surface area contributed by atoms with Crippen LogP contribution in [0.1, 0.15) is 11.1 Å². The maximum Gasteiger partial charge on any atom is 0.152 e. The molecule has 0 aliphatic rings. The molecule has 2 aromatic carbocycles. The van der Waals surface area contributed by atoms with Gasteiger partial charge in [-0.1, -0.05) is 12.1 Å². The summed E-state index contributed by atoms with van der Waals surface area (Å²) in [7, 11) is 0. The Morgan fingerprint density at radius 2 is 1.95 bits per heavy atom. The number of rotatable bonds is 2. The zero-order valence-electron chi connectivity index (χ0n) is 10.8. The third kappa shape index (κ3) is 2.15. The van der Waals surface area contributed by atoms with Gasteiger partial charge in [-0.05, 0) is 43.2 Å². The van der Waals surface area contributed by atoms with Gasteiger partial charge in [-0.15, -0.1) is 11.3 Å². The summed E-state index contributed by atoms with van der Waals surface area (Å²) in [4.78, 5) is 4.27. The van der Waals surface area contributed by atoms with Crippen LogP contribution in [0, 0.1) is 13.8 Å². The first kappa shape index (κ1) is 12.0. The minimum absolute atomic E-state index is 0.597. The van der Waals surface area contributed by atoms with Crippen molar-refractivity contribution < 1.29 is 4.74 Å². The molecule has 4 heteroatoms. The highest BCUT2D eigenvalue weighted by Crippen LogP contribution is 2.35. The summed E-state index contributed by atoms with van der Waals surface area (Å²) in [6, 6.07) is 10.0. The van der Waals surface area contributed by atoms with E-state index in [0.29, 0.717) is 11.4 Å². The molecule has 2 N–H and O–H groups in total. The Kier molecular flexibility index (Phi) is 2.87. The van der Waals surface area contributed by atoms with Crippen molar-refractivity contribution in [3.63, 3.8) is 0 Å². The number of nitrogens with two attached hydrogens (primary N) is 1. The van der Waals surface area contributed by atoms with Crippen molar-refractivity contribution in [2.24, 2.45) is 0 Å². The predicted octanol–water partition coefficient (Wildman–Crippen LogP) is 4.29. The molecule has 0 bridgehead atoms. The molecular weight excluding hydrogens is 256 g/mol. The first-order chi connectivity index (χ1) is 9.15. The highest BCUT2D eigenvalue weighted by atomic mass is 32.1. The van der Waals surface area contributed by atoms with Crippen LogP contribution in [-0.2, 0) is 0 Å². The van der Waals surface area contributed by atoms with Crippen molar-refractivity contribution in [2.75, 3.05) is 5.73 Å². The quantitative estimate of drug-likeness (QED) is 0.707. The number of anilines is 1.